The Balaban J connectivity index is 1.29. The van der Waals surface area contributed by atoms with Crippen molar-refractivity contribution in [1.29, 1.82) is 0 Å². The van der Waals surface area contributed by atoms with E-state index in [2.05, 4.69) is 29.2 Å². The van der Waals surface area contributed by atoms with Gasteiger partial charge >= 0.3 is 0 Å². The molecular formula is C22H35N3O4. The summed E-state index contributed by atoms with van der Waals surface area (Å²) in [6, 6.07) is 1.72. The minimum atomic E-state index is -0.946. The van der Waals surface area contributed by atoms with E-state index >= 15 is 0 Å². The van der Waals surface area contributed by atoms with Gasteiger partial charge < -0.3 is 19.7 Å². The summed E-state index contributed by atoms with van der Waals surface area (Å²) in [5, 5.41) is 18.3. The van der Waals surface area contributed by atoms with Gasteiger partial charge in [0.2, 0.25) is 5.91 Å². The Labute approximate surface area is 173 Å². The van der Waals surface area contributed by atoms with Crippen molar-refractivity contribution < 1.29 is 19.2 Å². The molecule has 3 aliphatic rings. The summed E-state index contributed by atoms with van der Waals surface area (Å²) in [6.07, 6.45) is 5.37. The van der Waals surface area contributed by atoms with E-state index in [1.54, 1.807) is 0 Å². The van der Waals surface area contributed by atoms with Gasteiger partial charge in [0.1, 0.15) is 5.76 Å². The molecule has 2 atom stereocenters. The molecule has 3 fully saturated rings. The van der Waals surface area contributed by atoms with Crippen LogP contribution in [-0.2, 0) is 16.1 Å². The van der Waals surface area contributed by atoms with Crippen molar-refractivity contribution >= 4 is 5.91 Å². The third-order valence-electron chi connectivity index (χ3n) is 7.08. The monoisotopic (exact) mass is 405 g/mol. The van der Waals surface area contributed by atoms with Crippen molar-refractivity contribution in [3.63, 3.8) is 0 Å². The zero-order chi connectivity index (χ0) is 20.6. The summed E-state index contributed by atoms with van der Waals surface area (Å²) >= 11 is 0. The van der Waals surface area contributed by atoms with Gasteiger partial charge in [-0.25, -0.2) is 0 Å². The van der Waals surface area contributed by atoms with Crippen LogP contribution in [0.25, 0.3) is 0 Å². The molecule has 1 saturated carbocycles. The number of ether oxygens (including phenoxy) is 1. The van der Waals surface area contributed by atoms with E-state index in [4.69, 9.17) is 9.26 Å². The Kier molecular flexibility index (Phi) is 5.75. The maximum atomic E-state index is 12.3. The van der Waals surface area contributed by atoms with E-state index in [9.17, 15) is 9.90 Å². The molecule has 1 aliphatic carbocycles. The molecule has 3 heterocycles. The molecule has 7 nitrogen and oxygen atoms in total. The third-order valence-corrected chi connectivity index (χ3v) is 7.08. The predicted octanol–water partition coefficient (Wildman–Crippen LogP) is 2.59. The fourth-order valence-electron chi connectivity index (χ4n) is 4.77. The highest BCUT2D eigenvalue weighted by molar-refractivity contribution is 5.79. The number of rotatable bonds is 5. The first-order valence-corrected chi connectivity index (χ1v) is 11.1. The summed E-state index contributed by atoms with van der Waals surface area (Å²) in [4.78, 5) is 14.7. The molecule has 0 aromatic carbocycles. The van der Waals surface area contributed by atoms with Crippen LogP contribution in [0.2, 0.25) is 0 Å². The lowest BCUT2D eigenvalue weighted by Crippen LogP contribution is -2.64. The summed E-state index contributed by atoms with van der Waals surface area (Å²) in [5.74, 6) is 1.47. The van der Waals surface area contributed by atoms with E-state index in [1.807, 2.05) is 13.0 Å². The Morgan fingerprint density at radius 1 is 1.38 bits per heavy atom. The lowest BCUT2D eigenvalue weighted by Gasteiger charge is -2.51. The number of nitrogens with one attached hydrogen (secondary N) is 1. The third kappa shape index (κ3) is 4.52. The fraction of sp³-hybridized carbons (Fsp3) is 0.818. The van der Waals surface area contributed by atoms with Crippen LogP contribution in [0.3, 0.4) is 0 Å². The standard InChI is InChI=1S/C22H35N3O4/c1-15(2)18-11-17(24-29-18)12-25-9-7-22(8-10-25)14-21(3,27)19(13-28-22)23-20(26)16-5-4-6-16/h11,15-16,19,27H,4-10,12-14H2,1-3H3,(H,23,26)/t19-,21-/m0/s1. The Bertz CT molecular complexity index is 717. The molecular weight excluding hydrogens is 370 g/mol. The maximum Gasteiger partial charge on any atom is 0.223 e. The molecule has 1 aromatic rings. The van der Waals surface area contributed by atoms with Crippen molar-refractivity contribution in [2.45, 2.75) is 89.0 Å². The van der Waals surface area contributed by atoms with Gasteiger partial charge in [-0.3, -0.25) is 9.69 Å². The first kappa shape index (κ1) is 20.8. The van der Waals surface area contributed by atoms with Crippen LogP contribution in [0.1, 0.15) is 76.7 Å². The smallest absolute Gasteiger partial charge is 0.223 e. The number of hydrogen-bond donors (Lipinski definition) is 2. The predicted molar refractivity (Wildman–Crippen MR) is 108 cm³/mol. The van der Waals surface area contributed by atoms with Crippen molar-refractivity contribution in [3.8, 4) is 0 Å². The molecule has 2 saturated heterocycles. The van der Waals surface area contributed by atoms with Crippen LogP contribution >= 0.6 is 0 Å². The number of carbonyl (C=O) groups is 1. The number of nitrogens with zero attached hydrogens (tertiary/aromatic N) is 2. The van der Waals surface area contributed by atoms with Gasteiger partial charge in [0.05, 0.1) is 29.5 Å². The quantitative estimate of drug-likeness (QED) is 0.783. The number of hydrogen-bond acceptors (Lipinski definition) is 6. The van der Waals surface area contributed by atoms with Crippen molar-refractivity contribution in [2.75, 3.05) is 19.7 Å². The molecule has 1 spiro atoms. The van der Waals surface area contributed by atoms with Gasteiger partial charge in [-0.1, -0.05) is 25.4 Å². The van der Waals surface area contributed by atoms with Gasteiger partial charge in [-0.15, -0.1) is 0 Å². The van der Waals surface area contributed by atoms with E-state index in [-0.39, 0.29) is 23.5 Å². The fourth-order valence-corrected chi connectivity index (χ4v) is 4.77. The van der Waals surface area contributed by atoms with E-state index in [0.717, 1.165) is 63.2 Å². The lowest BCUT2D eigenvalue weighted by molar-refractivity contribution is -0.190. The minimum Gasteiger partial charge on any atom is -0.388 e. The first-order valence-electron chi connectivity index (χ1n) is 11.1. The molecule has 162 valence electrons. The van der Waals surface area contributed by atoms with Gasteiger partial charge in [0.15, 0.2) is 0 Å². The topological polar surface area (TPSA) is 87.8 Å². The number of aliphatic hydroxyl groups is 1. The van der Waals surface area contributed by atoms with Gasteiger partial charge in [0, 0.05) is 44.0 Å². The molecule has 2 N–H and O–H groups in total. The SMILES string of the molecule is CC(C)c1cc(CN2CCC3(CC2)C[C@](C)(O)[C@@H](NC(=O)C2CCC2)CO3)no1. The van der Waals surface area contributed by atoms with Crippen LogP contribution in [0.15, 0.2) is 10.6 Å². The highest BCUT2D eigenvalue weighted by atomic mass is 16.5. The minimum absolute atomic E-state index is 0.0734. The highest BCUT2D eigenvalue weighted by Gasteiger charge is 2.49. The molecule has 0 radical (unpaired) electrons. The zero-order valence-electron chi connectivity index (χ0n) is 17.9. The Hall–Kier alpha value is -1.44. The molecule has 1 aromatic heterocycles. The van der Waals surface area contributed by atoms with E-state index in [0.29, 0.717) is 18.9 Å². The van der Waals surface area contributed by atoms with Crippen LogP contribution in [-0.4, -0.2) is 58.0 Å². The molecule has 7 heteroatoms. The van der Waals surface area contributed by atoms with Gasteiger partial charge in [0.25, 0.3) is 0 Å². The molecule has 2 aliphatic heterocycles. The van der Waals surface area contributed by atoms with Crippen LogP contribution < -0.4 is 5.32 Å². The second-order valence-electron chi connectivity index (χ2n) is 9.87. The summed E-state index contributed by atoms with van der Waals surface area (Å²) in [5.41, 5.74) is -0.275. The first-order chi connectivity index (χ1) is 13.8. The summed E-state index contributed by atoms with van der Waals surface area (Å²) < 4.78 is 11.7. The second kappa shape index (κ2) is 8.00. The van der Waals surface area contributed by atoms with Crippen LogP contribution in [0.5, 0.6) is 0 Å². The normalized spacial score (nSPS) is 30.4. The van der Waals surface area contributed by atoms with E-state index < -0.39 is 5.60 Å². The zero-order valence-corrected chi connectivity index (χ0v) is 17.9. The lowest BCUT2D eigenvalue weighted by atomic mass is 9.75. The molecule has 0 bridgehead atoms. The highest BCUT2D eigenvalue weighted by Crippen LogP contribution is 2.40. The van der Waals surface area contributed by atoms with Crippen LogP contribution in [0.4, 0.5) is 0 Å². The number of carbonyl (C=O) groups excluding carboxylic acids is 1. The molecule has 4 rings (SSSR count). The second-order valence-corrected chi connectivity index (χ2v) is 9.87. The van der Waals surface area contributed by atoms with Crippen molar-refractivity contribution in [3.05, 3.63) is 17.5 Å². The van der Waals surface area contributed by atoms with Gasteiger partial charge in [-0.2, -0.15) is 0 Å². The maximum absolute atomic E-state index is 12.3. The number of likely N-dealkylation sites (tertiary alicyclic amines) is 1. The van der Waals surface area contributed by atoms with E-state index in [1.165, 1.54) is 0 Å². The number of aromatic nitrogens is 1. The Morgan fingerprint density at radius 3 is 2.66 bits per heavy atom. The molecule has 29 heavy (non-hydrogen) atoms. The largest absolute Gasteiger partial charge is 0.388 e. The molecule has 1 amide bonds. The summed E-state index contributed by atoms with van der Waals surface area (Å²) in [7, 11) is 0. The average Bonchev–Trinajstić information content (AvgIpc) is 3.07. The van der Waals surface area contributed by atoms with Gasteiger partial charge in [-0.05, 0) is 32.6 Å². The Morgan fingerprint density at radius 2 is 2.10 bits per heavy atom. The van der Waals surface area contributed by atoms with Crippen LogP contribution in [0, 0.1) is 5.92 Å². The molecule has 0 unspecified atom stereocenters. The number of amides is 1. The number of piperidine rings is 1. The van der Waals surface area contributed by atoms with Crippen molar-refractivity contribution in [2.24, 2.45) is 5.92 Å². The van der Waals surface area contributed by atoms with Crippen molar-refractivity contribution in [1.82, 2.24) is 15.4 Å². The average molecular weight is 406 g/mol. The summed E-state index contributed by atoms with van der Waals surface area (Å²) in [6.45, 7) is 9.01.